The predicted octanol–water partition coefficient (Wildman–Crippen LogP) is 0.475. The van der Waals surface area contributed by atoms with E-state index in [1.807, 2.05) is 0 Å². The Morgan fingerprint density at radius 2 is 2.38 bits per heavy atom. The van der Waals surface area contributed by atoms with Gasteiger partial charge >= 0.3 is 0 Å². The first kappa shape index (κ1) is 5.22. The molecule has 0 aromatic rings. The van der Waals surface area contributed by atoms with Gasteiger partial charge in [-0.2, -0.15) is 0 Å². The van der Waals surface area contributed by atoms with Gasteiger partial charge in [0.05, 0.1) is 5.57 Å². The standard InChI is InChI=1S/C6H6O2/c7-4-5-2-1-3-6(5)8/h2,4H,1,3H2. The Kier molecular flexibility index (Phi) is 1.24. The lowest BCUT2D eigenvalue weighted by molar-refractivity contribution is -0.116. The molecule has 2 heteroatoms. The predicted molar refractivity (Wildman–Crippen MR) is 28.4 cm³/mol. The van der Waals surface area contributed by atoms with Gasteiger partial charge in [-0.25, -0.2) is 0 Å². The number of carbonyl (C=O) groups excluding carboxylic acids is 2. The molecule has 0 aromatic carbocycles. The number of allylic oxidation sites excluding steroid dienone is 2. The normalized spacial score (nSPS) is 18.5. The van der Waals surface area contributed by atoms with Gasteiger partial charge in [0, 0.05) is 6.42 Å². The quantitative estimate of drug-likeness (QED) is 0.363. The first-order valence-electron chi connectivity index (χ1n) is 2.53. The van der Waals surface area contributed by atoms with Crippen molar-refractivity contribution in [3.8, 4) is 0 Å². The Bertz CT molecular complexity index is 156. The Balaban J connectivity index is 2.76. The molecule has 1 aliphatic rings. The summed E-state index contributed by atoms with van der Waals surface area (Å²) in [4.78, 5) is 20.4. The molecule has 1 aliphatic carbocycles. The van der Waals surface area contributed by atoms with Crippen LogP contribution < -0.4 is 0 Å². The van der Waals surface area contributed by atoms with E-state index in [0.717, 1.165) is 6.42 Å². The molecule has 0 atom stereocenters. The average Bonchev–Trinajstić information content (AvgIpc) is 2.14. The lowest BCUT2D eigenvalue weighted by atomic mass is 10.2. The van der Waals surface area contributed by atoms with E-state index in [0.29, 0.717) is 18.3 Å². The van der Waals surface area contributed by atoms with Crippen molar-refractivity contribution in [3.05, 3.63) is 11.6 Å². The highest BCUT2D eigenvalue weighted by molar-refractivity contribution is 6.13. The van der Waals surface area contributed by atoms with Crippen LogP contribution in [0.1, 0.15) is 12.8 Å². The minimum atomic E-state index is -0.0139. The van der Waals surface area contributed by atoms with Crippen molar-refractivity contribution in [2.75, 3.05) is 0 Å². The van der Waals surface area contributed by atoms with Crippen LogP contribution in [-0.2, 0) is 9.59 Å². The van der Waals surface area contributed by atoms with Crippen molar-refractivity contribution in [1.82, 2.24) is 0 Å². The van der Waals surface area contributed by atoms with Crippen LogP contribution in [0.3, 0.4) is 0 Å². The Labute approximate surface area is 47.2 Å². The summed E-state index contributed by atoms with van der Waals surface area (Å²) in [5.41, 5.74) is 0.352. The van der Waals surface area contributed by atoms with Crippen LogP contribution in [0, 0.1) is 0 Å². The van der Waals surface area contributed by atoms with Crippen molar-refractivity contribution in [2.45, 2.75) is 12.8 Å². The van der Waals surface area contributed by atoms with E-state index in [2.05, 4.69) is 0 Å². The van der Waals surface area contributed by atoms with Crippen LogP contribution in [0.5, 0.6) is 0 Å². The highest BCUT2D eigenvalue weighted by Gasteiger charge is 2.12. The topological polar surface area (TPSA) is 34.1 Å². The van der Waals surface area contributed by atoms with E-state index in [1.54, 1.807) is 6.08 Å². The van der Waals surface area contributed by atoms with Crippen molar-refractivity contribution in [3.63, 3.8) is 0 Å². The largest absolute Gasteiger partial charge is 0.298 e. The van der Waals surface area contributed by atoms with Gasteiger partial charge in [0.15, 0.2) is 12.1 Å². The number of carbonyl (C=O) groups is 2. The lowest BCUT2D eigenvalue weighted by Gasteiger charge is -1.80. The van der Waals surface area contributed by atoms with Gasteiger partial charge in [-0.15, -0.1) is 0 Å². The summed E-state index contributed by atoms with van der Waals surface area (Å²) in [5.74, 6) is -0.0139. The van der Waals surface area contributed by atoms with Crippen LogP contribution in [0.4, 0.5) is 0 Å². The number of Topliss-reactive ketones (excluding diaryl/α,β-unsaturated/α-hetero) is 1. The molecule has 0 amide bonds. The summed E-state index contributed by atoms with van der Waals surface area (Å²) in [6.07, 6.45) is 3.56. The molecule has 0 N–H and O–H groups in total. The maximum absolute atomic E-state index is 10.5. The van der Waals surface area contributed by atoms with Gasteiger partial charge in [-0.3, -0.25) is 9.59 Å². The van der Waals surface area contributed by atoms with Crippen LogP contribution in [0.25, 0.3) is 0 Å². The first-order valence-corrected chi connectivity index (χ1v) is 2.53. The molecule has 8 heavy (non-hydrogen) atoms. The molecule has 0 fully saturated rings. The number of rotatable bonds is 1. The van der Waals surface area contributed by atoms with E-state index in [1.165, 1.54) is 0 Å². The molecular formula is C6H6O2. The summed E-state index contributed by atoms with van der Waals surface area (Å²) < 4.78 is 0. The summed E-state index contributed by atoms with van der Waals surface area (Å²) in [5, 5.41) is 0. The lowest BCUT2D eigenvalue weighted by Crippen LogP contribution is -1.94. The zero-order valence-corrected chi connectivity index (χ0v) is 4.39. The molecule has 0 heterocycles. The molecule has 0 saturated carbocycles. The average molecular weight is 110 g/mol. The monoisotopic (exact) mass is 110 g/mol. The maximum Gasteiger partial charge on any atom is 0.166 e. The third-order valence-electron chi connectivity index (χ3n) is 1.18. The fourth-order valence-electron chi connectivity index (χ4n) is 0.731. The fourth-order valence-corrected chi connectivity index (χ4v) is 0.731. The molecular weight excluding hydrogens is 104 g/mol. The summed E-state index contributed by atoms with van der Waals surface area (Å²) in [6.45, 7) is 0. The third kappa shape index (κ3) is 0.689. The zero-order chi connectivity index (χ0) is 5.98. The maximum atomic E-state index is 10.5. The Morgan fingerprint density at radius 3 is 2.62 bits per heavy atom. The molecule has 0 unspecified atom stereocenters. The van der Waals surface area contributed by atoms with Crippen molar-refractivity contribution >= 4 is 12.1 Å². The summed E-state index contributed by atoms with van der Waals surface area (Å²) >= 11 is 0. The second kappa shape index (κ2) is 1.90. The molecule has 2 nitrogen and oxygen atoms in total. The number of hydrogen-bond acceptors (Lipinski definition) is 2. The van der Waals surface area contributed by atoms with E-state index >= 15 is 0 Å². The number of aldehydes is 1. The van der Waals surface area contributed by atoms with Gasteiger partial charge < -0.3 is 0 Å². The molecule has 42 valence electrons. The molecule has 0 spiro atoms. The van der Waals surface area contributed by atoms with E-state index < -0.39 is 0 Å². The SMILES string of the molecule is O=CC1=CCCC1=O. The van der Waals surface area contributed by atoms with Crippen molar-refractivity contribution in [1.29, 1.82) is 0 Å². The van der Waals surface area contributed by atoms with Crippen molar-refractivity contribution in [2.24, 2.45) is 0 Å². The highest BCUT2D eigenvalue weighted by atomic mass is 16.1. The Morgan fingerprint density at radius 1 is 1.62 bits per heavy atom. The Hall–Kier alpha value is -0.920. The van der Waals surface area contributed by atoms with Gasteiger partial charge in [0.25, 0.3) is 0 Å². The summed E-state index contributed by atoms with van der Waals surface area (Å²) in [7, 11) is 0. The fraction of sp³-hybridized carbons (Fsp3) is 0.333. The van der Waals surface area contributed by atoms with Gasteiger partial charge in [-0.1, -0.05) is 6.08 Å². The van der Waals surface area contributed by atoms with Crippen LogP contribution >= 0.6 is 0 Å². The third-order valence-corrected chi connectivity index (χ3v) is 1.18. The van der Waals surface area contributed by atoms with Crippen molar-refractivity contribution < 1.29 is 9.59 Å². The summed E-state index contributed by atoms with van der Waals surface area (Å²) in [6, 6.07) is 0. The molecule has 0 aliphatic heterocycles. The highest BCUT2D eigenvalue weighted by Crippen LogP contribution is 2.10. The first-order chi connectivity index (χ1) is 3.84. The van der Waals surface area contributed by atoms with E-state index in [-0.39, 0.29) is 5.78 Å². The number of ketones is 1. The molecule has 0 saturated heterocycles. The minimum Gasteiger partial charge on any atom is -0.298 e. The van der Waals surface area contributed by atoms with E-state index in [9.17, 15) is 9.59 Å². The number of hydrogen-bond donors (Lipinski definition) is 0. The van der Waals surface area contributed by atoms with Gasteiger partial charge in [0.1, 0.15) is 0 Å². The molecule has 0 aromatic heterocycles. The zero-order valence-electron chi connectivity index (χ0n) is 4.39. The molecule has 1 rings (SSSR count). The van der Waals surface area contributed by atoms with E-state index in [4.69, 9.17) is 0 Å². The van der Waals surface area contributed by atoms with Gasteiger partial charge in [-0.05, 0) is 6.42 Å². The molecule has 0 bridgehead atoms. The van der Waals surface area contributed by atoms with Crippen LogP contribution in [0.2, 0.25) is 0 Å². The smallest absolute Gasteiger partial charge is 0.166 e. The van der Waals surface area contributed by atoms with Crippen LogP contribution in [-0.4, -0.2) is 12.1 Å². The van der Waals surface area contributed by atoms with Crippen LogP contribution in [0.15, 0.2) is 11.6 Å². The minimum absolute atomic E-state index is 0.0139. The second-order valence-corrected chi connectivity index (χ2v) is 1.74. The molecule has 0 radical (unpaired) electrons. The second-order valence-electron chi connectivity index (χ2n) is 1.74. The van der Waals surface area contributed by atoms with Gasteiger partial charge in [0.2, 0.25) is 0 Å².